The van der Waals surface area contributed by atoms with Crippen LogP contribution in [-0.2, 0) is 0 Å². The lowest BCUT2D eigenvalue weighted by atomic mass is 9.77. The topological polar surface area (TPSA) is 61.9 Å². The molecule has 1 fully saturated rings. The molecule has 19 heavy (non-hydrogen) atoms. The van der Waals surface area contributed by atoms with Crippen molar-refractivity contribution in [3.05, 3.63) is 11.6 Å². The molecule has 1 aliphatic heterocycles. The molecule has 1 amide bonds. The van der Waals surface area contributed by atoms with Crippen LogP contribution in [0.3, 0.4) is 0 Å². The minimum absolute atomic E-state index is 0.0427. The molecule has 1 aromatic heterocycles. The number of hydrogen-bond acceptors (Lipinski definition) is 3. The van der Waals surface area contributed by atoms with Crippen LogP contribution in [0.4, 0.5) is 0 Å². The van der Waals surface area contributed by atoms with Crippen molar-refractivity contribution in [2.45, 2.75) is 47.0 Å². The molecule has 2 rings (SSSR count). The molecule has 5 nitrogen and oxygen atoms in total. The third-order valence-corrected chi connectivity index (χ3v) is 4.03. The highest BCUT2D eigenvalue weighted by Gasteiger charge is 2.29. The van der Waals surface area contributed by atoms with Crippen LogP contribution in [0.25, 0.3) is 0 Å². The molecule has 1 saturated heterocycles. The molecule has 1 atom stereocenters. The van der Waals surface area contributed by atoms with Gasteiger partial charge in [-0.05, 0) is 37.5 Å². The maximum Gasteiger partial charge on any atom is 0.293 e. The Morgan fingerprint density at radius 3 is 2.63 bits per heavy atom. The van der Waals surface area contributed by atoms with Gasteiger partial charge in [0, 0.05) is 13.1 Å². The molecular formula is C14H24N4O. The first-order chi connectivity index (χ1) is 8.88. The Bertz CT molecular complexity index is 447. The van der Waals surface area contributed by atoms with Crippen molar-refractivity contribution < 1.29 is 4.79 Å². The summed E-state index contributed by atoms with van der Waals surface area (Å²) in [5, 5.41) is 6.69. The van der Waals surface area contributed by atoms with Gasteiger partial charge in [-0.15, -0.1) is 5.10 Å². The summed E-state index contributed by atoms with van der Waals surface area (Å²) in [5.41, 5.74) is 0.320. The van der Waals surface area contributed by atoms with Gasteiger partial charge in [-0.25, -0.2) is 4.98 Å². The Morgan fingerprint density at radius 2 is 2.05 bits per heavy atom. The number of hydrogen-bond donors (Lipinski definition) is 1. The van der Waals surface area contributed by atoms with Crippen molar-refractivity contribution in [2.24, 2.45) is 11.3 Å². The molecule has 1 aliphatic rings. The number of rotatable bonds is 1. The predicted molar refractivity (Wildman–Crippen MR) is 73.8 cm³/mol. The van der Waals surface area contributed by atoms with E-state index in [1.807, 2.05) is 11.8 Å². The van der Waals surface area contributed by atoms with Crippen molar-refractivity contribution in [2.75, 3.05) is 13.1 Å². The van der Waals surface area contributed by atoms with Gasteiger partial charge in [0.25, 0.3) is 5.91 Å². The van der Waals surface area contributed by atoms with Crippen LogP contribution in [0.1, 0.15) is 56.5 Å². The molecule has 0 saturated carbocycles. The van der Waals surface area contributed by atoms with Crippen LogP contribution in [0.5, 0.6) is 0 Å². The van der Waals surface area contributed by atoms with Crippen molar-refractivity contribution in [3.8, 4) is 0 Å². The van der Waals surface area contributed by atoms with Gasteiger partial charge in [-0.2, -0.15) is 0 Å². The zero-order chi connectivity index (χ0) is 14.0. The molecule has 0 spiro atoms. The van der Waals surface area contributed by atoms with Gasteiger partial charge >= 0.3 is 0 Å². The van der Waals surface area contributed by atoms with Gasteiger partial charge in [0.2, 0.25) is 5.82 Å². The Balaban J connectivity index is 2.01. The molecule has 0 radical (unpaired) electrons. The summed E-state index contributed by atoms with van der Waals surface area (Å²) in [7, 11) is 0. The number of amides is 1. The number of aromatic amines is 1. The van der Waals surface area contributed by atoms with Gasteiger partial charge in [0.1, 0.15) is 5.82 Å². The summed E-state index contributed by atoms with van der Waals surface area (Å²) in [6.07, 6.45) is 3.33. The summed E-state index contributed by atoms with van der Waals surface area (Å²) >= 11 is 0. The maximum absolute atomic E-state index is 12.3. The molecule has 2 heterocycles. The number of likely N-dealkylation sites (tertiary alicyclic amines) is 1. The van der Waals surface area contributed by atoms with Gasteiger partial charge in [-0.3, -0.25) is 9.89 Å². The van der Waals surface area contributed by atoms with E-state index in [1.54, 1.807) is 0 Å². The second-order valence-electron chi connectivity index (χ2n) is 6.53. The standard InChI is InChI=1S/C14H24N4O/c1-10-15-12(17-16-10)13(19)18-8-5-6-11(7-9-18)14(2,3)4/h11H,5-9H2,1-4H3,(H,15,16,17). The van der Waals surface area contributed by atoms with Crippen LogP contribution in [0.15, 0.2) is 0 Å². The van der Waals surface area contributed by atoms with Crippen molar-refractivity contribution in [3.63, 3.8) is 0 Å². The van der Waals surface area contributed by atoms with Gasteiger partial charge < -0.3 is 4.90 Å². The Morgan fingerprint density at radius 1 is 1.32 bits per heavy atom. The van der Waals surface area contributed by atoms with E-state index in [4.69, 9.17) is 0 Å². The minimum Gasteiger partial charge on any atom is -0.336 e. The van der Waals surface area contributed by atoms with Crippen LogP contribution < -0.4 is 0 Å². The van der Waals surface area contributed by atoms with E-state index in [-0.39, 0.29) is 5.91 Å². The first-order valence-electron chi connectivity index (χ1n) is 7.06. The van der Waals surface area contributed by atoms with E-state index in [9.17, 15) is 4.79 Å². The Hall–Kier alpha value is -1.39. The van der Waals surface area contributed by atoms with E-state index in [0.717, 1.165) is 25.9 Å². The Labute approximate surface area is 114 Å². The first kappa shape index (κ1) is 14.0. The zero-order valence-corrected chi connectivity index (χ0v) is 12.4. The highest BCUT2D eigenvalue weighted by molar-refractivity contribution is 5.90. The third kappa shape index (κ3) is 3.33. The number of nitrogens with one attached hydrogen (secondary N) is 1. The average Bonchev–Trinajstić information content (AvgIpc) is 2.62. The highest BCUT2D eigenvalue weighted by atomic mass is 16.2. The normalized spacial score (nSPS) is 21.3. The number of carbonyl (C=O) groups is 1. The highest BCUT2D eigenvalue weighted by Crippen LogP contribution is 2.34. The molecule has 1 unspecified atom stereocenters. The molecule has 1 N–H and O–H groups in total. The molecule has 0 aliphatic carbocycles. The number of carbonyl (C=O) groups excluding carboxylic acids is 1. The fourth-order valence-electron chi connectivity index (χ4n) is 2.75. The number of nitrogens with zero attached hydrogens (tertiary/aromatic N) is 3. The number of aromatic nitrogens is 3. The smallest absolute Gasteiger partial charge is 0.293 e. The quantitative estimate of drug-likeness (QED) is 0.847. The second-order valence-corrected chi connectivity index (χ2v) is 6.53. The van der Waals surface area contributed by atoms with Crippen LogP contribution >= 0.6 is 0 Å². The molecule has 5 heteroatoms. The molecule has 106 valence electrons. The summed E-state index contributed by atoms with van der Waals surface area (Å²) in [6.45, 7) is 10.3. The maximum atomic E-state index is 12.3. The first-order valence-corrected chi connectivity index (χ1v) is 7.06. The van der Waals surface area contributed by atoms with Crippen LogP contribution in [-0.4, -0.2) is 39.1 Å². The summed E-state index contributed by atoms with van der Waals surface area (Å²) < 4.78 is 0. The van der Waals surface area contributed by atoms with Gasteiger partial charge in [-0.1, -0.05) is 20.8 Å². The monoisotopic (exact) mass is 264 g/mol. The second kappa shape index (κ2) is 5.31. The third-order valence-electron chi connectivity index (χ3n) is 4.03. The van der Waals surface area contributed by atoms with Gasteiger partial charge in [0.15, 0.2) is 0 Å². The number of aryl methyl sites for hydroxylation is 1. The van der Waals surface area contributed by atoms with Crippen molar-refractivity contribution in [1.29, 1.82) is 0 Å². The van der Waals surface area contributed by atoms with Crippen molar-refractivity contribution in [1.82, 2.24) is 20.1 Å². The summed E-state index contributed by atoms with van der Waals surface area (Å²) in [5.74, 6) is 1.62. The van der Waals surface area contributed by atoms with Crippen molar-refractivity contribution >= 4 is 5.91 Å². The molecular weight excluding hydrogens is 240 g/mol. The molecule has 0 bridgehead atoms. The van der Waals surface area contributed by atoms with Crippen LogP contribution in [0, 0.1) is 18.3 Å². The fourth-order valence-corrected chi connectivity index (χ4v) is 2.75. The van der Waals surface area contributed by atoms with E-state index in [1.165, 1.54) is 6.42 Å². The zero-order valence-electron chi connectivity index (χ0n) is 12.4. The predicted octanol–water partition coefficient (Wildman–Crippen LogP) is 2.40. The fraction of sp³-hybridized carbons (Fsp3) is 0.786. The van der Waals surface area contributed by atoms with E-state index >= 15 is 0 Å². The summed E-state index contributed by atoms with van der Waals surface area (Å²) in [4.78, 5) is 18.3. The van der Waals surface area contributed by atoms with E-state index in [2.05, 4.69) is 36.0 Å². The summed E-state index contributed by atoms with van der Waals surface area (Å²) in [6, 6.07) is 0. The lowest BCUT2D eigenvalue weighted by molar-refractivity contribution is 0.0744. The largest absolute Gasteiger partial charge is 0.336 e. The Kier molecular flexibility index (Phi) is 3.92. The average molecular weight is 264 g/mol. The molecule has 1 aromatic rings. The SMILES string of the molecule is Cc1nc(C(=O)N2CCCC(C(C)(C)C)CC2)n[nH]1. The lowest BCUT2D eigenvalue weighted by Gasteiger charge is -2.29. The van der Waals surface area contributed by atoms with E-state index < -0.39 is 0 Å². The molecule has 0 aromatic carbocycles. The number of H-pyrrole nitrogens is 1. The van der Waals surface area contributed by atoms with Crippen LogP contribution in [0.2, 0.25) is 0 Å². The van der Waals surface area contributed by atoms with Gasteiger partial charge in [0.05, 0.1) is 0 Å². The van der Waals surface area contributed by atoms with E-state index in [0.29, 0.717) is 23.0 Å². The minimum atomic E-state index is -0.0427. The lowest BCUT2D eigenvalue weighted by Crippen LogP contribution is -2.33.